The number of hydrogen-bond acceptors (Lipinski definition) is 1. The predicted octanol–water partition coefficient (Wildman–Crippen LogP) is 4.20. The third-order valence-corrected chi connectivity index (χ3v) is 2.17. The molecule has 0 spiro atoms. The van der Waals surface area contributed by atoms with Crippen LogP contribution in [0.15, 0.2) is 12.1 Å². The summed E-state index contributed by atoms with van der Waals surface area (Å²) >= 11 is 11.1. The average molecular weight is 245 g/mol. The van der Waals surface area contributed by atoms with Gasteiger partial charge >= 0.3 is 6.36 Å². The minimum atomic E-state index is -4.72. The Balaban J connectivity index is 3.04. The molecule has 0 atom stereocenters. The molecule has 0 aromatic heterocycles. The van der Waals surface area contributed by atoms with E-state index in [0.717, 1.165) is 6.07 Å². The summed E-state index contributed by atoms with van der Waals surface area (Å²) in [6.07, 6.45) is -4.72. The van der Waals surface area contributed by atoms with Gasteiger partial charge in [0.25, 0.3) is 0 Å². The van der Waals surface area contributed by atoms with E-state index >= 15 is 0 Å². The van der Waals surface area contributed by atoms with Crippen LogP contribution < -0.4 is 4.74 Å². The van der Waals surface area contributed by atoms with Crippen molar-refractivity contribution in [3.8, 4) is 5.75 Å². The zero-order chi connectivity index (χ0) is 10.9. The van der Waals surface area contributed by atoms with E-state index in [0.29, 0.717) is 0 Å². The van der Waals surface area contributed by atoms with Gasteiger partial charge < -0.3 is 4.74 Å². The first-order valence-electron chi connectivity index (χ1n) is 3.51. The van der Waals surface area contributed by atoms with Gasteiger partial charge in [-0.15, -0.1) is 13.2 Å². The summed E-state index contributed by atoms with van der Waals surface area (Å²) in [4.78, 5) is 0. The van der Waals surface area contributed by atoms with E-state index in [4.69, 9.17) is 23.2 Å². The fourth-order valence-corrected chi connectivity index (χ4v) is 1.23. The minimum Gasteiger partial charge on any atom is -0.405 e. The number of ether oxygens (including phenoxy) is 1. The Morgan fingerprint density at radius 1 is 1.14 bits per heavy atom. The predicted molar refractivity (Wildman–Crippen MR) is 47.9 cm³/mol. The van der Waals surface area contributed by atoms with Gasteiger partial charge in [0, 0.05) is 6.07 Å². The molecule has 0 amide bonds. The van der Waals surface area contributed by atoms with Crippen molar-refractivity contribution in [3.05, 3.63) is 27.7 Å². The second-order valence-electron chi connectivity index (χ2n) is 2.58. The van der Waals surface area contributed by atoms with Gasteiger partial charge in [0.15, 0.2) is 0 Å². The van der Waals surface area contributed by atoms with Gasteiger partial charge in [0.2, 0.25) is 0 Å². The summed E-state index contributed by atoms with van der Waals surface area (Å²) in [5.74, 6) is -0.341. The summed E-state index contributed by atoms with van der Waals surface area (Å²) in [5.41, 5.74) is 0.275. The molecule has 14 heavy (non-hydrogen) atoms. The fraction of sp³-hybridized carbons (Fsp3) is 0.250. The lowest BCUT2D eigenvalue weighted by atomic mass is 10.2. The summed E-state index contributed by atoms with van der Waals surface area (Å²) in [6.45, 7) is 1.45. The van der Waals surface area contributed by atoms with Crippen LogP contribution in [0.2, 0.25) is 10.0 Å². The van der Waals surface area contributed by atoms with Crippen molar-refractivity contribution < 1.29 is 17.9 Å². The van der Waals surface area contributed by atoms with Crippen LogP contribution in [0, 0.1) is 6.92 Å². The highest BCUT2D eigenvalue weighted by atomic mass is 35.5. The van der Waals surface area contributed by atoms with Crippen molar-refractivity contribution in [1.82, 2.24) is 0 Å². The molecule has 1 aromatic rings. The second kappa shape index (κ2) is 3.87. The molecular formula is C8H5Cl2F3O. The van der Waals surface area contributed by atoms with Gasteiger partial charge in [-0.1, -0.05) is 23.2 Å². The van der Waals surface area contributed by atoms with E-state index in [1.54, 1.807) is 0 Å². The second-order valence-corrected chi connectivity index (χ2v) is 3.39. The van der Waals surface area contributed by atoms with Crippen molar-refractivity contribution in [1.29, 1.82) is 0 Å². The lowest BCUT2D eigenvalue weighted by molar-refractivity contribution is -0.274. The Hall–Kier alpha value is -0.610. The molecule has 0 bridgehead atoms. The molecular weight excluding hydrogens is 240 g/mol. The highest BCUT2D eigenvalue weighted by Crippen LogP contribution is 2.33. The molecule has 0 aliphatic carbocycles. The standard InChI is InChI=1S/C8H5Cl2F3O/c1-4-2-5(9)6(10)3-7(4)14-8(11,12)13/h2-3H,1H3. The van der Waals surface area contributed by atoms with Crippen LogP contribution in [0.4, 0.5) is 13.2 Å². The maximum Gasteiger partial charge on any atom is 0.573 e. The monoisotopic (exact) mass is 244 g/mol. The first-order chi connectivity index (χ1) is 6.29. The molecule has 1 nitrogen and oxygen atoms in total. The van der Waals surface area contributed by atoms with Gasteiger partial charge in [-0.25, -0.2) is 0 Å². The van der Waals surface area contributed by atoms with Gasteiger partial charge in [0.05, 0.1) is 10.0 Å². The Kier molecular flexibility index (Phi) is 3.17. The number of rotatable bonds is 1. The number of halogens is 5. The Labute approximate surface area is 88.4 Å². The molecule has 0 saturated carbocycles. The molecule has 78 valence electrons. The third-order valence-electron chi connectivity index (χ3n) is 1.44. The zero-order valence-corrected chi connectivity index (χ0v) is 8.46. The van der Waals surface area contributed by atoms with Gasteiger partial charge in [-0.2, -0.15) is 0 Å². The van der Waals surface area contributed by atoms with Crippen LogP contribution in [-0.4, -0.2) is 6.36 Å². The summed E-state index contributed by atoms with van der Waals surface area (Å²) in [5, 5.41) is 0.218. The molecule has 1 rings (SSSR count). The molecule has 1 aromatic carbocycles. The fourth-order valence-electron chi connectivity index (χ4n) is 0.863. The van der Waals surface area contributed by atoms with Crippen LogP contribution in [0.5, 0.6) is 5.75 Å². The molecule has 0 aliphatic rings. The topological polar surface area (TPSA) is 9.23 Å². The summed E-state index contributed by atoms with van der Waals surface area (Å²) in [7, 11) is 0. The number of aryl methyl sites for hydroxylation is 1. The first-order valence-corrected chi connectivity index (χ1v) is 4.26. The van der Waals surface area contributed by atoms with Gasteiger partial charge in [-0.05, 0) is 18.6 Å². The van der Waals surface area contributed by atoms with Gasteiger partial charge in [-0.3, -0.25) is 0 Å². The van der Waals surface area contributed by atoms with E-state index < -0.39 is 6.36 Å². The number of alkyl halides is 3. The lowest BCUT2D eigenvalue weighted by Crippen LogP contribution is -2.17. The van der Waals surface area contributed by atoms with Crippen LogP contribution >= 0.6 is 23.2 Å². The quantitative estimate of drug-likeness (QED) is 0.720. The molecule has 0 saturated heterocycles. The Bertz CT molecular complexity index is 349. The van der Waals surface area contributed by atoms with Crippen molar-refractivity contribution in [2.45, 2.75) is 13.3 Å². The zero-order valence-electron chi connectivity index (χ0n) is 6.95. The Morgan fingerprint density at radius 3 is 2.14 bits per heavy atom. The van der Waals surface area contributed by atoms with E-state index in [9.17, 15) is 13.2 Å². The molecule has 0 heterocycles. The van der Waals surface area contributed by atoms with Crippen molar-refractivity contribution in [2.24, 2.45) is 0 Å². The van der Waals surface area contributed by atoms with Crippen LogP contribution in [0.25, 0.3) is 0 Å². The molecule has 0 fully saturated rings. The summed E-state index contributed by atoms with van der Waals surface area (Å²) in [6, 6.07) is 2.34. The minimum absolute atomic E-state index is 0.0246. The van der Waals surface area contributed by atoms with Crippen molar-refractivity contribution >= 4 is 23.2 Å². The normalized spacial score (nSPS) is 11.6. The van der Waals surface area contributed by atoms with Crippen LogP contribution in [-0.2, 0) is 0 Å². The molecule has 0 unspecified atom stereocenters. The SMILES string of the molecule is Cc1cc(Cl)c(Cl)cc1OC(F)(F)F. The molecule has 0 N–H and O–H groups in total. The largest absolute Gasteiger partial charge is 0.573 e. The molecule has 0 aliphatic heterocycles. The maximum atomic E-state index is 11.9. The molecule has 0 radical (unpaired) electrons. The van der Waals surface area contributed by atoms with E-state index in [2.05, 4.69) is 4.74 Å². The van der Waals surface area contributed by atoms with E-state index in [1.807, 2.05) is 0 Å². The Morgan fingerprint density at radius 2 is 1.64 bits per heavy atom. The van der Waals surface area contributed by atoms with E-state index in [1.165, 1.54) is 13.0 Å². The van der Waals surface area contributed by atoms with Crippen molar-refractivity contribution in [2.75, 3.05) is 0 Å². The molecule has 6 heteroatoms. The lowest BCUT2D eigenvalue weighted by Gasteiger charge is -2.11. The van der Waals surface area contributed by atoms with E-state index in [-0.39, 0.29) is 21.4 Å². The maximum absolute atomic E-state index is 11.9. The number of benzene rings is 1. The summed E-state index contributed by atoms with van der Waals surface area (Å²) < 4.78 is 39.3. The smallest absolute Gasteiger partial charge is 0.405 e. The highest BCUT2D eigenvalue weighted by molar-refractivity contribution is 6.42. The first kappa shape index (κ1) is 11.5. The van der Waals surface area contributed by atoms with Crippen LogP contribution in [0.3, 0.4) is 0 Å². The highest BCUT2D eigenvalue weighted by Gasteiger charge is 2.31. The van der Waals surface area contributed by atoms with Gasteiger partial charge in [0.1, 0.15) is 5.75 Å². The van der Waals surface area contributed by atoms with Crippen LogP contribution in [0.1, 0.15) is 5.56 Å². The average Bonchev–Trinajstić information content (AvgIpc) is 1.97. The number of hydrogen-bond donors (Lipinski definition) is 0. The van der Waals surface area contributed by atoms with Crippen molar-refractivity contribution in [3.63, 3.8) is 0 Å². The third kappa shape index (κ3) is 2.96.